The maximum atomic E-state index is 6.21. The van der Waals surface area contributed by atoms with E-state index < -0.39 is 0 Å². The molecule has 1 fully saturated rings. The normalized spacial score (nSPS) is 16.9. The highest BCUT2D eigenvalue weighted by atomic mass is 35.5. The van der Waals surface area contributed by atoms with Gasteiger partial charge in [-0.15, -0.1) is 0 Å². The van der Waals surface area contributed by atoms with Crippen molar-refractivity contribution in [1.82, 2.24) is 9.97 Å². The zero-order valence-corrected chi connectivity index (χ0v) is 11.5. The van der Waals surface area contributed by atoms with Crippen molar-refractivity contribution in [3.05, 3.63) is 21.7 Å². The summed E-state index contributed by atoms with van der Waals surface area (Å²) in [4.78, 5) is 8.63. The fourth-order valence-electron chi connectivity index (χ4n) is 2.20. The Hall–Kier alpha value is 0.01000. The second-order valence-electron chi connectivity index (χ2n) is 4.05. The van der Waals surface area contributed by atoms with Gasteiger partial charge in [0.05, 0.1) is 5.75 Å². The Morgan fingerprint density at radius 1 is 1.19 bits per heavy atom. The lowest BCUT2D eigenvalue weighted by atomic mass is 10.0. The number of hydrogen-bond donors (Lipinski definition) is 0. The molecule has 5 heteroatoms. The van der Waals surface area contributed by atoms with Crippen LogP contribution in [0.2, 0.25) is 10.3 Å². The molecule has 0 unspecified atom stereocenters. The minimum atomic E-state index is 0.461. The highest BCUT2D eigenvalue weighted by Crippen LogP contribution is 2.40. The Labute approximate surface area is 110 Å². The van der Waals surface area contributed by atoms with Gasteiger partial charge in [0.25, 0.3) is 0 Å². The Balaban J connectivity index is 2.31. The van der Waals surface area contributed by atoms with Crippen LogP contribution in [0.3, 0.4) is 0 Å². The number of halogens is 2. The van der Waals surface area contributed by atoms with Crippen LogP contribution >= 0.6 is 35.0 Å². The van der Waals surface area contributed by atoms with E-state index in [1.807, 2.05) is 6.26 Å². The summed E-state index contributed by atoms with van der Waals surface area (Å²) in [5, 5.41) is 1.10. The van der Waals surface area contributed by atoms with E-state index in [9.17, 15) is 0 Å². The zero-order valence-electron chi connectivity index (χ0n) is 9.17. The van der Waals surface area contributed by atoms with Crippen molar-refractivity contribution in [2.24, 2.45) is 0 Å². The summed E-state index contributed by atoms with van der Waals surface area (Å²) >= 11 is 14.1. The summed E-state index contributed by atoms with van der Waals surface area (Å²) in [6.45, 7) is 0. The van der Waals surface area contributed by atoms with Crippen molar-refractivity contribution >= 4 is 35.0 Å². The van der Waals surface area contributed by atoms with Crippen LogP contribution in [-0.2, 0) is 5.75 Å². The maximum Gasteiger partial charge on any atom is 0.141 e. The molecule has 16 heavy (non-hydrogen) atoms. The van der Waals surface area contributed by atoms with Crippen LogP contribution in [0.5, 0.6) is 0 Å². The molecule has 1 aliphatic rings. The number of hydrogen-bond acceptors (Lipinski definition) is 3. The molecule has 1 aromatic rings. The van der Waals surface area contributed by atoms with E-state index in [1.165, 1.54) is 12.8 Å². The van der Waals surface area contributed by atoms with Gasteiger partial charge in [-0.1, -0.05) is 36.0 Å². The molecule has 2 nitrogen and oxygen atoms in total. The molecule has 0 aliphatic heterocycles. The first-order valence-electron chi connectivity index (χ1n) is 5.43. The largest absolute Gasteiger partial charge is 0.220 e. The minimum absolute atomic E-state index is 0.461. The lowest BCUT2D eigenvalue weighted by Gasteiger charge is -2.13. The fraction of sp³-hybridized carbons (Fsp3) is 0.636. The summed E-state index contributed by atoms with van der Waals surface area (Å²) in [7, 11) is 0. The van der Waals surface area contributed by atoms with Crippen molar-refractivity contribution in [1.29, 1.82) is 0 Å². The average Bonchev–Trinajstić information content (AvgIpc) is 2.70. The van der Waals surface area contributed by atoms with Gasteiger partial charge in [0.15, 0.2) is 0 Å². The highest BCUT2D eigenvalue weighted by molar-refractivity contribution is 7.97. The molecule has 0 spiro atoms. The second-order valence-corrected chi connectivity index (χ2v) is 5.63. The Morgan fingerprint density at radius 3 is 2.25 bits per heavy atom. The van der Waals surface area contributed by atoms with Gasteiger partial charge in [0, 0.05) is 5.56 Å². The van der Waals surface area contributed by atoms with E-state index in [-0.39, 0.29) is 0 Å². The third-order valence-electron chi connectivity index (χ3n) is 2.94. The molecular weight excluding hydrogens is 263 g/mol. The van der Waals surface area contributed by atoms with Gasteiger partial charge in [0.1, 0.15) is 16.1 Å². The van der Waals surface area contributed by atoms with Crippen LogP contribution in [0.1, 0.15) is 43.0 Å². The Bertz CT molecular complexity index is 355. The molecule has 1 aliphatic carbocycles. The summed E-state index contributed by atoms with van der Waals surface area (Å²) in [5.41, 5.74) is 0.964. The average molecular weight is 277 g/mol. The molecule has 0 aromatic carbocycles. The molecule has 2 rings (SSSR count). The van der Waals surface area contributed by atoms with E-state index in [4.69, 9.17) is 23.2 Å². The first-order chi connectivity index (χ1) is 7.72. The van der Waals surface area contributed by atoms with Crippen LogP contribution in [0.4, 0.5) is 0 Å². The molecule has 1 heterocycles. The lowest BCUT2D eigenvalue weighted by molar-refractivity contribution is 0.712. The highest BCUT2D eigenvalue weighted by Gasteiger charge is 2.24. The Morgan fingerprint density at radius 2 is 1.75 bits per heavy atom. The maximum absolute atomic E-state index is 6.21. The topological polar surface area (TPSA) is 25.8 Å². The molecule has 0 atom stereocenters. The molecule has 0 radical (unpaired) electrons. The molecule has 0 N–H and O–H groups in total. The third-order valence-corrected chi connectivity index (χ3v) is 4.06. The van der Waals surface area contributed by atoms with E-state index >= 15 is 0 Å². The van der Waals surface area contributed by atoms with E-state index in [2.05, 4.69) is 9.97 Å². The zero-order chi connectivity index (χ0) is 11.5. The SMILES string of the molecule is CSCc1nc(Cl)c(C2CCCC2)c(Cl)n1. The standard InChI is InChI=1S/C11H14Cl2N2S/c1-16-6-8-14-10(12)9(11(13)15-8)7-4-2-3-5-7/h7H,2-6H2,1H3. The number of nitrogens with zero attached hydrogens (tertiary/aromatic N) is 2. The van der Waals surface area contributed by atoms with Crippen LogP contribution in [0.15, 0.2) is 0 Å². The van der Waals surface area contributed by atoms with Crippen molar-refractivity contribution in [2.75, 3.05) is 6.26 Å². The van der Waals surface area contributed by atoms with Crippen molar-refractivity contribution in [3.63, 3.8) is 0 Å². The van der Waals surface area contributed by atoms with Gasteiger partial charge in [-0.2, -0.15) is 11.8 Å². The van der Waals surface area contributed by atoms with E-state index in [1.54, 1.807) is 11.8 Å². The van der Waals surface area contributed by atoms with Gasteiger partial charge in [-0.3, -0.25) is 0 Å². The number of aromatic nitrogens is 2. The number of thioether (sulfide) groups is 1. The number of rotatable bonds is 3. The molecule has 0 bridgehead atoms. The fourth-order valence-corrected chi connectivity index (χ4v) is 3.32. The van der Waals surface area contributed by atoms with E-state index in [0.29, 0.717) is 16.2 Å². The Kier molecular flexibility index (Phi) is 4.34. The van der Waals surface area contributed by atoms with Crippen LogP contribution < -0.4 is 0 Å². The van der Waals surface area contributed by atoms with Crippen LogP contribution in [0, 0.1) is 0 Å². The molecule has 1 saturated carbocycles. The van der Waals surface area contributed by atoms with Gasteiger partial charge < -0.3 is 0 Å². The van der Waals surface area contributed by atoms with Crippen LogP contribution in [-0.4, -0.2) is 16.2 Å². The van der Waals surface area contributed by atoms with Gasteiger partial charge in [-0.25, -0.2) is 9.97 Å². The van der Waals surface area contributed by atoms with Crippen LogP contribution in [0.25, 0.3) is 0 Å². The summed E-state index contributed by atoms with van der Waals surface area (Å²) in [6, 6.07) is 0. The predicted octanol–water partition coefficient (Wildman–Crippen LogP) is 4.30. The first kappa shape index (κ1) is 12.5. The third kappa shape index (κ3) is 2.63. The van der Waals surface area contributed by atoms with Gasteiger partial charge in [0.2, 0.25) is 0 Å². The summed E-state index contributed by atoms with van der Waals surface area (Å²) < 4.78 is 0. The van der Waals surface area contributed by atoms with E-state index in [0.717, 1.165) is 30.0 Å². The molecule has 88 valence electrons. The molecule has 0 amide bonds. The first-order valence-corrected chi connectivity index (χ1v) is 7.58. The lowest BCUT2D eigenvalue weighted by Crippen LogP contribution is -2.03. The minimum Gasteiger partial charge on any atom is -0.220 e. The smallest absolute Gasteiger partial charge is 0.141 e. The van der Waals surface area contributed by atoms with Crippen molar-refractivity contribution < 1.29 is 0 Å². The summed E-state index contributed by atoms with van der Waals surface area (Å²) in [6.07, 6.45) is 6.83. The molecule has 0 saturated heterocycles. The predicted molar refractivity (Wildman–Crippen MR) is 70.5 cm³/mol. The second kappa shape index (κ2) is 5.56. The van der Waals surface area contributed by atoms with Crippen molar-refractivity contribution in [2.45, 2.75) is 37.4 Å². The van der Waals surface area contributed by atoms with Gasteiger partial charge >= 0.3 is 0 Å². The molecular formula is C11H14Cl2N2S. The van der Waals surface area contributed by atoms with Crippen molar-refractivity contribution in [3.8, 4) is 0 Å². The summed E-state index contributed by atoms with van der Waals surface area (Å²) in [5.74, 6) is 1.94. The van der Waals surface area contributed by atoms with Gasteiger partial charge in [-0.05, 0) is 25.0 Å². The monoisotopic (exact) mass is 276 g/mol. The molecule has 1 aromatic heterocycles. The quantitative estimate of drug-likeness (QED) is 0.770.